The van der Waals surface area contributed by atoms with Crippen molar-refractivity contribution in [1.82, 2.24) is 14.3 Å². The van der Waals surface area contributed by atoms with Gasteiger partial charge in [0.05, 0.1) is 5.56 Å². The quantitative estimate of drug-likeness (QED) is 0.353. The largest absolute Gasteiger partial charge is 0.416 e. The standard InChI is InChI=1S/C26H26ClF3N4S/c27-20-4-6-22(7-5-20)34-23(25-12-16-8-17(13-25)10-18(9-16)14-25)32-33(24(34)35)15-31-21-3-1-2-19(11-21)26(28,29)30/h1-7,11,16-18,31H,8-10,12-15H2. The predicted octanol–water partition coefficient (Wildman–Crippen LogP) is 7.61. The lowest BCUT2D eigenvalue weighted by atomic mass is 9.49. The molecule has 184 valence electrons. The molecular weight excluding hydrogens is 493 g/mol. The average molecular weight is 519 g/mol. The number of hydrogen-bond acceptors (Lipinski definition) is 3. The Bertz CT molecular complexity index is 1280. The molecule has 0 saturated heterocycles. The minimum Gasteiger partial charge on any atom is -0.366 e. The second-order valence-corrected chi connectivity index (χ2v) is 11.3. The molecule has 4 fully saturated rings. The van der Waals surface area contributed by atoms with Gasteiger partial charge in [-0.05, 0) is 111 Å². The molecule has 4 aliphatic rings. The van der Waals surface area contributed by atoms with Crippen molar-refractivity contribution >= 4 is 29.5 Å². The van der Waals surface area contributed by atoms with Gasteiger partial charge >= 0.3 is 6.18 Å². The lowest BCUT2D eigenvalue weighted by Crippen LogP contribution is -2.49. The second kappa shape index (κ2) is 8.37. The highest BCUT2D eigenvalue weighted by Crippen LogP contribution is 2.60. The maximum Gasteiger partial charge on any atom is 0.416 e. The fourth-order valence-corrected chi connectivity index (χ4v) is 7.46. The minimum absolute atomic E-state index is 0.0105. The molecule has 0 unspecified atom stereocenters. The van der Waals surface area contributed by atoms with Crippen molar-refractivity contribution in [2.75, 3.05) is 5.32 Å². The van der Waals surface area contributed by atoms with E-state index in [0.717, 1.165) is 60.7 Å². The number of anilines is 1. The van der Waals surface area contributed by atoms with Crippen LogP contribution in [0.2, 0.25) is 5.02 Å². The van der Waals surface area contributed by atoms with E-state index in [4.69, 9.17) is 28.9 Å². The molecule has 2 aromatic carbocycles. The first-order valence-electron chi connectivity index (χ1n) is 12.1. The van der Waals surface area contributed by atoms with Gasteiger partial charge in [0, 0.05) is 21.8 Å². The maximum absolute atomic E-state index is 13.2. The first-order chi connectivity index (χ1) is 16.7. The van der Waals surface area contributed by atoms with Gasteiger partial charge in [-0.3, -0.25) is 4.57 Å². The monoisotopic (exact) mass is 518 g/mol. The van der Waals surface area contributed by atoms with E-state index in [9.17, 15) is 13.2 Å². The maximum atomic E-state index is 13.2. The Labute approximate surface area is 212 Å². The Morgan fingerprint density at radius 1 is 1.00 bits per heavy atom. The molecule has 35 heavy (non-hydrogen) atoms. The molecule has 1 aromatic heterocycles. The van der Waals surface area contributed by atoms with Crippen LogP contribution in [0.25, 0.3) is 5.69 Å². The lowest BCUT2D eigenvalue weighted by Gasteiger charge is -2.56. The van der Waals surface area contributed by atoms with Gasteiger partial charge in [-0.1, -0.05) is 17.7 Å². The van der Waals surface area contributed by atoms with Crippen molar-refractivity contribution in [3.05, 3.63) is 69.7 Å². The van der Waals surface area contributed by atoms with Crippen LogP contribution < -0.4 is 5.32 Å². The smallest absolute Gasteiger partial charge is 0.366 e. The summed E-state index contributed by atoms with van der Waals surface area (Å²) in [6, 6.07) is 12.8. The Hall–Kier alpha value is -2.32. The van der Waals surface area contributed by atoms with Crippen LogP contribution in [0.5, 0.6) is 0 Å². The highest BCUT2D eigenvalue weighted by molar-refractivity contribution is 7.71. The lowest BCUT2D eigenvalue weighted by molar-refractivity contribution is -0.137. The highest BCUT2D eigenvalue weighted by atomic mass is 35.5. The summed E-state index contributed by atoms with van der Waals surface area (Å²) in [7, 11) is 0. The van der Waals surface area contributed by atoms with Crippen LogP contribution in [0, 0.1) is 22.5 Å². The highest BCUT2D eigenvalue weighted by Gasteiger charge is 2.54. The summed E-state index contributed by atoms with van der Waals surface area (Å²) in [4.78, 5) is 0. The Kier molecular flexibility index (Phi) is 5.53. The van der Waals surface area contributed by atoms with Crippen molar-refractivity contribution in [2.45, 2.75) is 56.8 Å². The first-order valence-corrected chi connectivity index (χ1v) is 12.9. The van der Waals surface area contributed by atoms with Crippen LogP contribution in [0.15, 0.2) is 48.5 Å². The molecule has 4 saturated carbocycles. The van der Waals surface area contributed by atoms with Crippen molar-refractivity contribution in [3.63, 3.8) is 0 Å². The molecule has 0 atom stereocenters. The topological polar surface area (TPSA) is 34.8 Å². The summed E-state index contributed by atoms with van der Waals surface area (Å²) in [5.41, 5.74) is 0.588. The molecule has 0 amide bonds. The molecule has 1 N–H and O–H groups in total. The molecule has 0 radical (unpaired) electrons. The van der Waals surface area contributed by atoms with E-state index >= 15 is 0 Å². The van der Waals surface area contributed by atoms with E-state index in [1.54, 1.807) is 10.7 Å². The van der Waals surface area contributed by atoms with Gasteiger partial charge in [-0.2, -0.15) is 18.3 Å². The number of rotatable bonds is 5. The molecule has 9 heteroatoms. The molecule has 1 heterocycles. The number of nitrogens with zero attached hydrogens (tertiary/aromatic N) is 3. The normalized spacial score (nSPS) is 27.4. The Morgan fingerprint density at radius 3 is 2.23 bits per heavy atom. The van der Waals surface area contributed by atoms with E-state index in [-0.39, 0.29) is 12.1 Å². The summed E-state index contributed by atoms with van der Waals surface area (Å²) in [6.45, 7) is 0.181. The van der Waals surface area contributed by atoms with Crippen LogP contribution in [-0.4, -0.2) is 14.3 Å². The number of alkyl halides is 3. The van der Waals surface area contributed by atoms with Gasteiger partial charge in [0.25, 0.3) is 0 Å². The van der Waals surface area contributed by atoms with Gasteiger partial charge in [-0.15, -0.1) is 0 Å². The van der Waals surface area contributed by atoms with Crippen LogP contribution >= 0.6 is 23.8 Å². The molecular formula is C26H26ClF3N4S. The predicted molar refractivity (Wildman–Crippen MR) is 132 cm³/mol. The number of benzene rings is 2. The van der Waals surface area contributed by atoms with Gasteiger partial charge in [-0.25, -0.2) is 4.68 Å². The summed E-state index contributed by atoms with van der Waals surface area (Å²) < 4.78 is 43.8. The third kappa shape index (κ3) is 4.18. The van der Waals surface area contributed by atoms with Gasteiger partial charge in [0.2, 0.25) is 4.77 Å². The summed E-state index contributed by atoms with van der Waals surface area (Å²) in [5, 5.41) is 8.78. The fourth-order valence-electron chi connectivity index (χ4n) is 7.03. The van der Waals surface area contributed by atoms with Crippen LogP contribution in [-0.2, 0) is 18.3 Å². The molecule has 4 bridgehead atoms. The molecule has 0 spiro atoms. The van der Waals surface area contributed by atoms with E-state index in [1.807, 2.05) is 24.3 Å². The summed E-state index contributed by atoms with van der Waals surface area (Å²) in [6.07, 6.45) is 2.93. The Balaban J connectivity index is 1.38. The van der Waals surface area contributed by atoms with Crippen LogP contribution in [0.4, 0.5) is 18.9 Å². The van der Waals surface area contributed by atoms with Crippen molar-refractivity contribution in [2.24, 2.45) is 17.8 Å². The third-order valence-corrected chi connectivity index (χ3v) is 8.70. The number of aromatic nitrogens is 3. The molecule has 4 aliphatic carbocycles. The van der Waals surface area contributed by atoms with Gasteiger partial charge in [0.1, 0.15) is 12.5 Å². The van der Waals surface area contributed by atoms with E-state index < -0.39 is 11.7 Å². The molecule has 0 aliphatic heterocycles. The van der Waals surface area contributed by atoms with Gasteiger partial charge in [0.15, 0.2) is 0 Å². The zero-order valence-corrected chi connectivity index (χ0v) is 20.6. The van der Waals surface area contributed by atoms with Crippen molar-refractivity contribution < 1.29 is 13.2 Å². The SMILES string of the molecule is FC(F)(F)c1cccc(NCn2nc(C34CC5CC(CC(C5)C3)C4)n(-c3ccc(Cl)cc3)c2=S)c1. The number of hydrogen-bond donors (Lipinski definition) is 1. The molecule has 4 nitrogen and oxygen atoms in total. The van der Waals surface area contributed by atoms with Crippen LogP contribution in [0.1, 0.15) is 49.9 Å². The second-order valence-electron chi connectivity index (χ2n) is 10.5. The number of halogens is 4. The fraction of sp³-hybridized carbons (Fsp3) is 0.462. The molecule has 7 rings (SSSR count). The van der Waals surface area contributed by atoms with Gasteiger partial charge < -0.3 is 5.32 Å². The zero-order chi connectivity index (χ0) is 24.4. The van der Waals surface area contributed by atoms with Crippen LogP contribution in [0.3, 0.4) is 0 Å². The minimum atomic E-state index is -4.39. The third-order valence-electron chi connectivity index (χ3n) is 8.06. The summed E-state index contributed by atoms with van der Waals surface area (Å²) >= 11 is 12.1. The van der Waals surface area contributed by atoms with Crippen molar-refractivity contribution in [1.29, 1.82) is 0 Å². The van der Waals surface area contributed by atoms with Crippen molar-refractivity contribution in [3.8, 4) is 5.69 Å². The number of nitrogens with one attached hydrogen (secondary N) is 1. The van der Waals surface area contributed by atoms with E-state index in [1.165, 1.54) is 25.3 Å². The average Bonchev–Trinajstić information content (AvgIpc) is 3.14. The first kappa shape index (κ1) is 23.1. The summed E-state index contributed by atoms with van der Waals surface area (Å²) in [5.74, 6) is 3.19. The zero-order valence-electron chi connectivity index (χ0n) is 19.1. The van der Waals surface area contributed by atoms with E-state index in [0.29, 0.717) is 15.5 Å². The molecule has 3 aromatic rings. The van der Waals surface area contributed by atoms with E-state index in [2.05, 4.69) is 9.88 Å². The Morgan fingerprint density at radius 2 is 1.63 bits per heavy atom.